The average Bonchev–Trinajstić information content (AvgIpc) is 2.98. The molecule has 1 aromatic heterocycles. The highest BCUT2D eigenvalue weighted by molar-refractivity contribution is 7.89. The summed E-state index contributed by atoms with van der Waals surface area (Å²) in [6, 6.07) is 7.97. The molecule has 0 bridgehead atoms. The van der Waals surface area contributed by atoms with E-state index in [9.17, 15) is 13.2 Å². The molecule has 8 heteroatoms. The van der Waals surface area contributed by atoms with Crippen molar-refractivity contribution >= 4 is 16.0 Å². The molecular weight excluding hydrogens is 320 g/mol. The minimum atomic E-state index is -3.85. The summed E-state index contributed by atoms with van der Waals surface area (Å²) in [5.74, 6) is -0.631. The number of carboxylic acid groups (broad SMARTS) is 1. The van der Waals surface area contributed by atoms with Crippen molar-refractivity contribution in [1.82, 2.24) is 9.88 Å². The maximum atomic E-state index is 12.7. The number of aliphatic carboxylic acids is 1. The molecule has 0 saturated heterocycles. The Morgan fingerprint density at radius 3 is 2.61 bits per heavy atom. The maximum absolute atomic E-state index is 12.7. The van der Waals surface area contributed by atoms with Crippen LogP contribution >= 0.6 is 0 Å². The number of hydrogen-bond acceptors (Lipinski definition) is 5. The van der Waals surface area contributed by atoms with Gasteiger partial charge in [0.05, 0.1) is 11.1 Å². The predicted octanol–water partition coefficient (Wildman–Crippen LogP) is 2.26. The molecule has 2 aromatic rings. The normalized spacial score (nSPS) is 12.3. The Balaban J connectivity index is 2.32. The van der Waals surface area contributed by atoms with Gasteiger partial charge in [-0.05, 0) is 32.4 Å². The molecule has 23 heavy (non-hydrogen) atoms. The quantitative estimate of drug-likeness (QED) is 0.801. The lowest BCUT2D eigenvalue weighted by molar-refractivity contribution is -0.137. The van der Waals surface area contributed by atoms with E-state index < -0.39 is 21.5 Å². The summed E-state index contributed by atoms with van der Waals surface area (Å²) < 4.78 is 33.0. The van der Waals surface area contributed by atoms with E-state index in [-0.39, 0.29) is 17.7 Å². The smallest absolute Gasteiger partial charge is 0.303 e. The number of nitrogens with one attached hydrogen (secondary N) is 1. The zero-order valence-electron chi connectivity index (χ0n) is 12.8. The fraction of sp³-hybridized carbons (Fsp3) is 0.333. The van der Waals surface area contributed by atoms with Crippen molar-refractivity contribution in [2.24, 2.45) is 0 Å². The highest BCUT2D eigenvalue weighted by Crippen LogP contribution is 2.28. The molecule has 0 aliphatic rings. The molecule has 2 N–H and O–H groups in total. The Morgan fingerprint density at radius 1 is 1.30 bits per heavy atom. The van der Waals surface area contributed by atoms with Crippen LogP contribution in [0.3, 0.4) is 0 Å². The molecule has 2 rings (SSSR count). The summed E-state index contributed by atoms with van der Waals surface area (Å²) >= 11 is 0. The largest absolute Gasteiger partial charge is 0.481 e. The molecule has 124 valence electrons. The van der Waals surface area contributed by atoms with Crippen LogP contribution in [-0.4, -0.2) is 30.2 Å². The minimum Gasteiger partial charge on any atom is -0.481 e. The highest BCUT2D eigenvalue weighted by Gasteiger charge is 2.29. The first-order chi connectivity index (χ1) is 10.7. The molecule has 0 radical (unpaired) electrons. The molecular formula is C15H18N2O5S. The van der Waals surface area contributed by atoms with Crippen LogP contribution < -0.4 is 4.72 Å². The van der Waals surface area contributed by atoms with Gasteiger partial charge in [0.15, 0.2) is 5.76 Å². The van der Waals surface area contributed by atoms with Gasteiger partial charge in [-0.15, -0.1) is 0 Å². The average molecular weight is 338 g/mol. The van der Waals surface area contributed by atoms with Crippen LogP contribution in [0.1, 0.15) is 26.7 Å². The van der Waals surface area contributed by atoms with Crippen LogP contribution in [0.5, 0.6) is 0 Å². The number of nitrogens with zero attached hydrogens (tertiary/aromatic N) is 1. The Hall–Kier alpha value is -2.19. The van der Waals surface area contributed by atoms with E-state index in [0.717, 1.165) is 0 Å². The molecule has 1 heterocycles. The highest BCUT2D eigenvalue weighted by atomic mass is 32.2. The number of hydrogen-bond donors (Lipinski definition) is 2. The second-order valence-electron chi connectivity index (χ2n) is 5.76. The van der Waals surface area contributed by atoms with Crippen molar-refractivity contribution in [3.63, 3.8) is 0 Å². The van der Waals surface area contributed by atoms with Gasteiger partial charge in [0, 0.05) is 23.6 Å². The van der Waals surface area contributed by atoms with Crippen LogP contribution in [0.4, 0.5) is 0 Å². The first-order valence-electron chi connectivity index (χ1n) is 6.97. The molecule has 0 atom stereocenters. The molecule has 7 nitrogen and oxygen atoms in total. The van der Waals surface area contributed by atoms with Gasteiger partial charge >= 0.3 is 5.97 Å². The van der Waals surface area contributed by atoms with Crippen molar-refractivity contribution in [1.29, 1.82) is 0 Å². The minimum absolute atomic E-state index is 0.0557. The summed E-state index contributed by atoms with van der Waals surface area (Å²) in [6.45, 7) is 3.29. The van der Waals surface area contributed by atoms with Crippen LogP contribution in [0, 0.1) is 0 Å². The molecule has 0 fully saturated rings. The lowest BCUT2D eigenvalue weighted by Crippen LogP contribution is -2.43. The zero-order valence-corrected chi connectivity index (χ0v) is 13.6. The number of rotatable bonds is 7. The van der Waals surface area contributed by atoms with E-state index >= 15 is 0 Å². The van der Waals surface area contributed by atoms with Gasteiger partial charge in [-0.1, -0.05) is 17.3 Å². The third-order valence-electron chi connectivity index (χ3n) is 3.25. The Kier molecular flexibility index (Phi) is 4.86. The van der Waals surface area contributed by atoms with E-state index in [0.29, 0.717) is 11.3 Å². The zero-order chi connectivity index (χ0) is 17.1. The summed E-state index contributed by atoms with van der Waals surface area (Å²) in [5, 5.41) is 12.4. The van der Waals surface area contributed by atoms with Crippen LogP contribution in [0.15, 0.2) is 45.9 Å². The van der Waals surface area contributed by atoms with Crippen LogP contribution in [-0.2, 0) is 14.8 Å². The number of carbonyl (C=O) groups is 1. The Labute approximate surface area is 134 Å². The van der Waals surface area contributed by atoms with E-state index in [1.807, 2.05) is 0 Å². The summed E-state index contributed by atoms with van der Waals surface area (Å²) in [4.78, 5) is 10.8. The fourth-order valence-electron chi connectivity index (χ4n) is 2.15. The monoisotopic (exact) mass is 338 g/mol. The first-order valence-corrected chi connectivity index (χ1v) is 8.45. The lowest BCUT2D eigenvalue weighted by Gasteiger charge is -2.25. The van der Waals surface area contributed by atoms with Gasteiger partial charge < -0.3 is 9.63 Å². The predicted molar refractivity (Wildman–Crippen MR) is 83.2 cm³/mol. The second kappa shape index (κ2) is 6.51. The van der Waals surface area contributed by atoms with E-state index in [2.05, 4.69) is 9.88 Å². The third-order valence-corrected chi connectivity index (χ3v) is 5.01. The molecule has 0 amide bonds. The molecule has 1 aromatic carbocycles. The first kappa shape index (κ1) is 17.2. The molecule has 0 unspecified atom stereocenters. The SMILES string of the molecule is CC(C)(CCC(=O)O)NS(=O)(=O)c1ccccc1-c1ccno1. The van der Waals surface area contributed by atoms with E-state index in [4.69, 9.17) is 9.63 Å². The maximum Gasteiger partial charge on any atom is 0.303 e. The molecule has 0 aliphatic heterocycles. The topological polar surface area (TPSA) is 110 Å². The summed E-state index contributed by atoms with van der Waals surface area (Å²) in [6.07, 6.45) is 1.48. The van der Waals surface area contributed by atoms with Crippen molar-refractivity contribution in [2.75, 3.05) is 0 Å². The molecule has 0 saturated carbocycles. The number of carboxylic acids is 1. The standard InChI is InChI=1S/C15H18N2O5S/c1-15(2,9-7-14(18)19)17-23(20,21)13-6-4-3-5-11(13)12-8-10-16-22-12/h3-6,8,10,17H,7,9H2,1-2H3,(H,18,19). The van der Waals surface area contributed by atoms with Crippen LogP contribution in [0.25, 0.3) is 11.3 Å². The van der Waals surface area contributed by atoms with Gasteiger partial charge in [-0.3, -0.25) is 4.79 Å². The van der Waals surface area contributed by atoms with Gasteiger partial charge in [0.2, 0.25) is 10.0 Å². The van der Waals surface area contributed by atoms with E-state index in [1.165, 1.54) is 12.3 Å². The van der Waals surface area contributed by atoms with Gasteiger partial charge in [-0.25, -0.2) is 13.1 Å². The molecule has 0 aliphatic carbocycles. The lowest BCUT2D eigenvalue weighted by atomic mass is 10.0. The third kappa shape index (κ3) is 4.40. The number of benzene rings is 1. The van der Waals surface area contributed by atoms with E-state index in [1.54, 1.807) is 38.1 Å². The molecule has 0 spiro atoms. The van der Waals surface area contributed by atoms with Crippen molar-refractivity contribution in [2.45, 2.75) is 37.1 Å². The summed E-state index contributed by atoms with van der Waals surface area (Å²) in [7, 11) is -3.85. The van der Waals surface area contributed by atoms with Gasteiger partial charge in [-0.2, -0.15) is 0 Å². The van der Waals surface area contributed by atoms with Crippen molar-refractivity contribution in [3.05, 3.63) is 36.5 Å². The number of sulfonamides is 1. The van der Waals surface area contributed by atoms with Gasteiger partial charge in [0.1, 0.15) is 0 Å². The van der Waals surface area contributed by atoms with Gasteiger partial charge in [0.25, 0.3) is 0 Å². The second-order valence-corrected chi connectivity index (χ2v) is 7.41. The summed E-state index contributed by atoms with van der Waals surface area (Å²) in [5.41, 5.74) is -0.502. The Bertz CT molecular complexity index is 782. The number of aromatic nitrogens is 1. The van der Waals surface area contributed by atoms with Crippen molar-refractivity contribution < 1.29 is 22.8 Å². The fourth-order valence-corrected chi connectivity index (χ4v) is 3.80. The Morgan fingerprint density at radius 2 is 2.00 bits per heavy atom. The van der Waals surface area contributed by atoms with Crippen LogP contribution in [0.2, 0.25) is 0 Å². The van der Waals surface area contributed by atoms with Crippen molar-refractivity contribution in [3.8, 4) is 11.3 Å².